The molecule has 1 aromatic carbocycles. The van der Waals surface area contributed by atoms with Crippen molar-refractivity contribution >= 4 is 5.97 Å². The van der Waals surface area contributed by atoms with Gasteiger partial charge in [-0.3, -0.25) is 10.1 Å². The van der Waals surface area contributed by atoms with Gasteiger partial charge in [0.05, 0.1) is 0 Å². The molecule has 5 nitrogen and oxygen atoms in total. The minimum atomic E-state index is -1.31. The first-order chi connectivity index (χ1) is 9.79. The molecule has 0 fully saturated rings. The summed E-state index contributed by atoms with van der Waals surface area (Å²) in [6.45, 7) is 9.61. The average Bonchev–Trinajstić information content (AvgIpc) is 2.38. The topological polar surface area (TPSA) is 69.4 Å². The number of ether oxygens (including phenoxy) is 1. The fraction of sp³-hybridized carbons (Fsp3) is 0.562. The highest BCUT2D eigenvalue weighted by Crippen LogP contribution is 2.34. The zero-order chi connectivity index (χ0) is 16.2. The van der Waals surface area contributed by atoms with Crippen molar-refractivity contribution in [3.8, 4) is 5.75 Å². The summed E-state index contributed by atoms with van der Waals surface area (Å²) in [4.78, 5) is 22.4. The third-order valence-electron chi connectivity index (χ3n) is 3.44. The van der Waals surface area contributed by atoms with Gasteiger partial charge in [0.2, 0.25) is 0 Å². The molecule has 1 aromatic rings. The van der Waals surface area contributed by atoms with Gasteiger partial charge in [-0.05, 0) is 23.0 Å². The molecule has 1 rings (SSSR count). The number of hydrogen-bond donors (Lipinski definition) is 0. The molecule has 0 amide bonds. The molecule has 0 saturated carbocycles. The molecule has 0 bridgehead atoms. The van der Waals surface area contributed by atoms with E-state index in [2.05, 4.69) is 0 Å². The van der Waals surface area contributed by atoms with Crippen molar-refractivity contribution in [1.29, 1.82) is 0 Å². The molecule has 0 spiro atoms. The number of carbonyl (C=O) groups is 1. The van der Waals surface area contributed by atoms with E-state index in [-0.39, 0.29) is 18.3 Å². The Labute approximate surface area is 125 Å². The van der Waals surface area contributed by atoms with Crippen LogP contribution in [-0.4, -0.2) is 16.9 Å². The third kappa shape index (κ3) is 4.03. The van der Waals surface area contributed by atoms with E-state index >= 15 is 0 Å². The lowest BCUT2D eigenvalue weighted by molar-refractivity contribution is -0.510. The van der Waals surface area contributed by atoms with E-state index in [0.29, 0.717) is 5.75 Å². The standard InChI is InChI=1S/C16H23NO4/c1-6-14(17(19)20)16(18)21-15-12(10(2)3)8-7-9-13(15)11(4)5/h7-11,14H,6H2,1-5H3. The second kappa shape index (κ2) is 7.20. The van der Waals surface area contributed by atoms with E-state index in [9.17, 15) is 14.9 Å². The van der Waals surface area contributed by atoms with Gasteiger partial charge in [-0.15, -0.1) is 0 Å². The minimum absolute atomic E-state index is 0.118. The van der Waals surface area contributed by atoms with Crippen LogP contribution in [0.25, 0.3) is 0 Å². The normalized spacial score (nSPS) is 12.5. The van der Waals surface area contributed by atoms with Gasteiger partial charge in [0.15, 0.2) is 0 Å². The van der Waals surface area contributed by atoms with Crippen molar-refractivity contribution in [2.24, 2.45) is 0 Å². The Kier molecular flexibility index (Phi) is 5.88. The summed E-state index contributed by atoms with van der Waals surface area (Å²) in [6.07, 6.45) is 0.118. The van der Waals surface area contributed by atoms with Crippen molar-refractivity contribution in [3.05, 3.63) is 39.4 Å². The van der Waals surface area contributed by atoms with Crippen LogP contribution in [-0.2, 0) is 4.79 Å². The van der Waals surface area contributed by atoms with Gasteiger partial charge in [0, 0.05) is 11.3 Å². The van der Waals surface area contributed by atoms with Gasteiger partial charge in [-0.2, -0.15) is 0 Å². The number of esters is 1. The lowest BCUT2D eigenvalue weighted by Gasteiger charge is -2.19. The van der Waals surface area contributed by atoms with E-state index in [4.69, 9.17) is 4.74 Å². The molecule has 0 saturated heterocycles. The van der Waals surface area contributed by atoms with Crippen molar-refractivity contribution in [2.45, 2.75) is 58.9 Å². The molecule has 116 valence electrons. The fourth-order valence-electron chi connectivity index (χ4n) is 2.17. The maximum atomic E-state index is 12.1. The van der Waals surface area contributed by atoms with Crippen molar-refractivity contribution in [2.75, 3.05) is 0 Å². The Morgan fingerprint density at radius 1 is 1.19 bits per heavy atom. The summed E-state index contributed by atoms with van der Waals surface area (Å²) < 4.78 is 5.43. The van der Waals surface area contributed by atoms with E-state index < -0.39 is 16.9 Å². The van der Waals surface area contributed by atoms with Crippen molar-refractivity contribution < 1.29 is 14.5 Å². The molecule has 0 N–H and O–H groups in total. The van der Waals surface area contributed by atoms with Crippen molar-refractivity contribution in [1.82, 2.24) is 0 Å². The molecule has 0 aliphatic heterocycles. The highest BCUT2D eigenvalue weighted by Gasteiger charge is 2.31. The average molecular weight is 293 g/mol. The molecule has 0 aromatic heterocycles. The number of carbonyl (C=O) groups excluding carboxylic acids is 1. The summed E-state index contributed by atoms with van der Waals surface area (Å²) in [5.74, 6) is 0.0228. The van der Waals surface area contributed by atoms with Gasteiger partial charge in [0.1, 0.15) is 5.75 Å². The summed E-state index contributed by atoms with van der Waals surface area (Å²) in [7, 11) is 0. The molecule has 0 radical (unpaired) electrons. The molecule has 0 heterocycles. The van der Waals surface area contributed by atoms with E-state index in [1.807, 2.05) is 45.9 Å². The molecule has 0 aliphatic rings. The zero-order valence-corrected chi connectivity index (χ0v) is 13.3. The Morgan fingerprint density at radius 2 is 1.67 bits per heavy atom. The molecule has 1 unspecified atom stereocenters. The molecular formula is C16H23NO4. The summed E-state index contributed by atoms with van der Waals surface area (Å²) >= 11 is 0. The maximum absolute atomic E-state index is 12.1. The van der Waals surface area contributed by atoms with Gasteiger partial charge in [-0.1, -0.05) is 52.8 Å². The Bertz CT molecular complexity index is 497. The third-order valence-corrected chi connectivity index (χ3v) is 3.44. The van der Waals surface area contributed by atoms with Crippen LogP contribution < -0.4 is 4.74 Å². The molecule has 0 aliphatic carbocycles. The lowest BCUT2D eigenvalue weighted by Crippen LogP contribution is -2.33. The summed E-state index contributed by atoms with van der Waals surface area (Å²) in [5.41, 5.74) is 1.79. The first-order valence-corrected chi connectivity index (χ1v) is 7.27. The number of benzene rings is 1. The summed E-state index contributed by atoms with van der Waals surface area (Å²) in [5, 5.41) is 10.9. The first-order valence-electron chi connectivity index (χ1n) is 7.27. The SMILES string of the molecule is CCC(C(=O)Oc1c(C(C)C)cccc1C(C)C)[N+](=O)[O-]. The quantitative estimate of drug-likeness (QED) is 0.345. The highest BCUT2D eigenvalue weighted by atomic mass is 16.6. The van der Waals surface area contributed by atoms with Crippen LogP contribution in [0.3, 0.4) is 0 Å². The van der Waals surface area contributed by atoms with Gasteiger partial charge < -0.3 is 4.74 Å². The predicted octanol–water partition coefficient (Wildman–Crippen LogP) is 3.89. The number of nitro groups is 1. The smallest absolute Gasteiger partial charge is 0.387 e. The van der Waals surface area contributed by atoms with E-state index in [0.717, 1.165) is 11.1 Å². The van der Waals surface area contributed by atoms with Gasteiger partial charge in [-0.25, -0.2) is 4.79 Å². The Hall–Kier alpha value is -1.91. The zero-order valence-electron chi connectivity index (χ0n) is 13.3. The number of para-hydroxylation sites is 1. The van der Waals surface area contributed by atoms with Gasteiger partial charge >= 0.3 is 12.0 Å². The largest absolute Gasteiger partial charge is 0.421 e. The van der Waals surface area contributed by atoms with Crippen LogP contribution in [0.4, 0.5) is 0 Å². The molecular weight excluding hydrogens is 270 g/mol. The minimum Gasteiger partial charge on any atom is -0.421 e. The molecule has 1 atom stereocenters. The predicted molar refractivity (Wildman–Crippen MR) is 81.3 cm³/mol. The van der Waals surface area contributed by atoms with Crippen LogP contribution in [0.5, 0.6) is 5.75 Å². The van der Waals surface area contributed by atoms with Crippen molar-refractivity contribution in [3.63, 3.8) is 0 Å². The van der Waals surface area contributed by atoms with E-state index in [1.54, 1.807) is 6.92 Å². The highest BCUT2D eigenvalue weighted by molar-refractivity contribution is 5.77. The monoisotopic (exact) mass is 293 g/mol. The van der Waals surface area contributed by atoms with Gasteiger partial charge in [0.25, 0.3) is 0 Å². The number of hydrogen-bond acceptors (Lipinski definition) is 4. The Balaban J connectivity index is 3.22. The molecule has 5 heteroatoms. The van der Waals surface area contributed by atoms with Crippen LogP contribution in [0.15, 0.2) is 18.2 Å². The van der Waals surface area contributed by atoms with Crippen LogP contribution in [0.2, 0.25) is 0 Å². The van der Waals surface area contributed by atoms with E-state index in [1.165, 1.54) is 0 Å². The van der Waals surface area contributed by atoms with Crippen LogP contribution >= 0.6 is 0 Å². The number of rotatable bonds is 6. The maximum Gasteiger partial charge on any atom is 0.387 e. The second-order valence-corrected chi connectivity index (χ2v) is 5.71. The fourth-order valence-corrected chi connectivity index (χ4v) is 2.17. The Morgan fingerprint density at radius 3 is 2.00 bits per heavy atom. The molecule has 21 heavy (non-hydrogen) atoms. The van der Waals surface area contributed by atoms with Crippen LogP contribution in [0.1, 0.15) is 64.0 Å². The number of nitrogens with zero attached hydrogens (tertiary/aromatic N) is 1. The lowest BCUT2D eigenvalue weighted by atomic mass is 9.94. The van der Waals surface area contributed by atoms with Crippen LogP contribution in [0, 0.1) is 10.1 Å². The summed E-state index contributed by atoms with van der Waals surface area (Å²) in [6, 6.07) is 4.40. The second-order valence-electron chi connectivity index (χ2n) is 5.71. The first kappa shape index (κ1) is 17.1.